The van der Waals surface area contributed by atoms with Crippen molar-refractivity contribution in [1.82, 2.24) is 10.2 Å². The summed E-state index contributed by atoms with van der Waals surface area (Å²) in [6, 6.07) is 0.200. The first kappa shape index (κ1) is 11.1. The van der Waals surface area contributed by atoms with Gasteiger partial charge in [0, 0.05) is 31.0 Å². The molecule has 3 aliphatic rings. The van der Waals surface area contributed by atoms with Crippen molar-refractivity contribution >= 4 is 11.8 Å². The molecule has 2 aliphatic carbocycles. The lowest BCUT2D eigenvalue weighted by molar-refractivity contribution is -0.132. The zero-order valence-corrected chi connectivity index (χ0v) is 10.2. The summed E-state index contributed by atoms with van der Waals surface area (Å²) < 4.78 is 0. The van der Waals surface area contributed by atoms with Crippen LogP contribution in [0.4, 0.5) is 0 Å². The van der Waals surface area contributed by atoms with E-state index in [1.807, 2.05) is 4.90 Å². The molecular weight excluding hydrogens is 216 g/mol. The Bertz CT molecular complexity index is 334. The Morgan fingerprint density at radius 3 is 2.35 bits per heavy atom. The van der Waals surface area contributed by atoms with Crippen LogP contribution in [0.5, 0.6) is 0 Å². The number of rotatable bonds is 3. The number of likely N-dealkylation sites (tertiary alicyclic amines) is 1. The van der Waals surface area contributed by atoms with Crippen LogP contribution in [0.2, 0.25) is 0 Å². The van der Waals surface area contributed by atoms with Gasteiger partial charge in [0.25, 0.3) is 0 Å². The second-order valence-electron chi connectivity index (χ2n) is 5.68. The zero-order valence-electron chi connectivity index (χ0n) is 10.2. The molecule has 1 saturated heterocycles. The number of carbonyl (C=O) groups excluding carboxylic acids is 2. The van der Waals surface area contributed by atoms with Crippen LogP contribution in [0.25, 0.3) is 0 Å². The van der Waals surface area contributed by atoms with E-state index in [2.05, 4.69) is 5.32 Å². The van der Waals surface area contributed by atoms with Crippen molar-refractivity contribution in [2.24, 2.45) is 11.8 Å². The minimum absolute atomic E-state index is 0.200. The molecule has 0 aromatic heterocycles. The second-order valence-corrected chi connectivity index (χ2v) is 5.68. The molecule has 1 heterocycles. The first-order valence-corrected chi connectivity index (χ1v) is 6.83. The number of amides is 2. The van der Waals surface area contributed by atoms with Gasteiger partial charge < -0.3 is 10.2 Å². The maximum Gasteiger partial charge on any atom is 0.225 e. The smallest absolute Gasteiger partial charge is 0.225 e. The van der Waals surface area contributed by atoms with Crippen molar-refractivity contribution in [3.63, 3.8) is 0 Å². The molecule has 2 saturated carbocycles. The molecule has 0 bridgehead atoms. The molecule has 0 aromatic rings. The van der Waals surface area contributed by atoms with Gasteiger partial charge in [0.15, 0.2) is 0 Å². The minimum atomic E-state index is 0.200. The molecule has 94 valence electrons. The van der Waals surface area contributed by atoms with Crippen LogP contribution in [0.1, 0.15) is 38.5 Å². The molecular formula is C13H20N2O2. The number of nitrogens with zero attached hydrogens (tertiary/aromatic N) is 1. The first-order chi connectivity index (χ1) is 8.24. The van der Waals surface area contributed by atoms with Crippen LogP contribution >= 0.6 is 0 Å². The molecule has 0 spiro atoms. The van der Waals surface area contributed by atoms with Gasteiger partial charge in [-0.2, -0.15) is 0 Å². The molecule has 1 unspecified atom stereocenters. The minimum Gasteiger partial charge on any atom is -0.351 e. The average molecular weight is 236 g/mol. The molecule has 0 radical (unpaired) electrons. The quantitative estimate of drug-likeness (QED) is 0.792. The summed E-state index contributed by atoms with van der Waals surface area (Å²) in [5.74, 6) is 1.08. The standard InChI is InChI=1S/C13H20N2O2/c16-12(9-2-1-3-9)14-11-6-7-15(8-11)13(17)10-4-5-10/h9-11H,1-8H2,(H,14,16). The summed E-state index contributed by atoms with van der Waals surface area (Å²) in [5.41, 5.74) is 0. The normalized spacial score (nSPS) is 28.9. The van der Waals surface area contributed by atoms with E-state index in [0.29, 0.717) is 11.8 Å². The Morgan fingerprint density at radius 1 is 1.00 bits per heavy atom. The van der Waals surface area contributed by atoms with Gasteiger partial charge in [-0.15, -0.1) is 0 Å². The van der Waals surface area contributed by atoms with Gasteiger partial charge in [0.2, 0.25) is 11.8 Å². The maximum absolute atomic E-state index is 11.9. The third-order valence-corrected chi connectivity index (χ3v) is 4.25. The summed E-state index contributed by atoms with van der Waals surface area (Å²) in [5, 5.41) is 3.09. The fourth-order valence-electron chi connectivity index (χ4n) is 2.66. The topological polar surface area (TPSA) is 49.4 Å². The van der Waals surface area contributed by atoms with E-state index in [-0.39, 0.29) is 17.9 Å². The molecule has 4 nitrogen and oxygen atoms in total. The van der Waals surface area contributed by atoms with Gasteiger partial charge in [0.1, 0.15) is 0 Å². The fraction of sp³-hybridized carbons (Fsp3) is 0.846. The SMILES string of the molecule is O=C(NC1CCN(C(=O)C2CC2)C1)C1CCC1. The zero-order chi connectivity index (χ0) is 11.8. The molecule has 0 aromatic carbocycles. The van der Waals surface area contributed by atoms with Gasteiger partial charge >= 0.3 is 0 Å². The number of hydrogen-bond acceptors (Lipinski definition) is 2. The lowest BCUT2D eigenvalue weighted by Crippen LogP contribution is -2.43. The third kappa shape index (κ3) is 2.31. The predicted octanol–water partition coefficient (Wildman–Crippen LogP) is 0.914. The Hall–Kier alpha value is -1.06. The molecule has 2 amide bonds. The highest BCUT2D eigenvalue weighted by Gasteiger charge is 2.37. The van der Waals surface area contributed by atoms with E-state index in [4.69, 9.17) is 0 Å². The Kier molecular flexibility index (Phi) is 2.81. The number of nitrogens with one attached hydrogen (secondary N) is 1. The van der Waals surface area contributed by atoms with Crippen molar-refractivity contribution < 1.29 is 9.59 Å². The molecule has 1 aliphatic heterocycles. The lowest BCUT2D eigenvalue weighted by atomic mass is 9.84. The van der Waals surface area contributed by atoms with Crippen LogP contribution < -0.4 is 5.32 Å². The van der Waals surface area contributed by atoms with Crippen molar-refractivity contribution in [3.8, 4) is 0 Å². The summed E-state index contributed by atoms with van der Waals surface area (Å²) in [4.78, 5) is 25.6. The Morgan fingerprint density at radius 2 is 1.76 bits per heavy atom. The van der Waals surface area contributed by atoms with Crippen molar-refractivity contribution in [2.75, 3.05) is 13.1 Å². The van der Waals surface area contributed by atoms with Crippen LogP contribution in [0.3, 0.4) is 0 Å². The fourth-order valence-corrected chi connectivity index (χ4v) is 2.66. The molecule has 3 rings (SSSR count). The predicted molar refractivity (Wildman–Crippen MR) is 63.2 cm³/mol. The van der Waals surface area contributed by atoms with Crippen molar-refractivity contribution in [3.05, 3.63) is 0 Å². The monoisotopic (exact) mass is 236 g/mol. The van der Waals surface area contributed by atoms with Gasteiger partial charge in [0.05, 0.1) is 0 Å². The Balaban J connectivity index is 1.46. The van der Waals surface area contributed by atoms with Crippen LogP contribution in [0.15, 0.2) is 0 Å². The van der Waals surface area contributed by atoms with Gasteiger partial charge in [-0.25, -0.2) is 0 Å². The van der Waals surface area contributed by atoms with E-state index < -0.39 is 0 Å². The average Bonchev–Trinajstić information content (AvgIpc) is 2.96. The van der Waals surface area contributed by atoms with E-state index >= 15 is 0 Å². The molecule has 4 heteroatoms. The highest BCUT2D eigenvalue weighted by atomic mass is 16.2. The van der Waals surface area contributed by atoms with Gasteiger partial charge in [-0.05, 0) is 32.1 Å². The highest BCUT2D eigenvalue weighted by molar-refractivity contribution is 5.82. The highest BCUT2D eigenvalue weighted by Crippen LogP contribution is 2.32. The molecule has 17 heavy (non-hydrogen) atoms. The van der Waals surface area contributed by atoms with Gasteiger partial charge in [-0.1, -0.05) is 6.42 Å². The number of hydrogen-bond donors (Lipinski definition) is 1. The molecule has 3 fully saturated rings. The summed E-state index contributed by atoms with van der Waals surface area (Å²) in [6.45, 7) is 1.55. The van der Waals surface area contributed by atoms with E-state index in [1.165, 1.54) is 6.42 Å². The maximum atomic E-state index is 11.9. The second kappa shape index (κ2) is 4.31. The van der Waals surface area contributed by atoms with E-state index in [9.17, 15) is 9.59 Å². The van der Waals surface area contributed by atoms with Crippen molar-refractivity contribution in [2.45, 2.75) is 44.6 Å². The Labute approximate surface area is 102 Å². The van der Waals surface area contributed by atoms with Gasteiger partial charge in [-0.3, -0.25) is 9.59 Å². The summed E-state index contributed by atoms with van der Waals surface area (Å²) in [7, 11) is 0. The summed E-state index contributed by atoms with van der Waals surface area (Å²) >= 11 is 0. The molecule has 1 atom stereocenters. The largest absolute Gasteiger partial charge is 0.351 e. The third-order valence-electron chi connectivity index (χ3n) is 4.25. The van der Waals surface area contributed by atoms with Crippen molar-refractivity contribution in [1.29, 1.82) is 0 Å². The number of carbonyl (C=O) groups is 2. The molecule has 1 N–H and O–H groups in total. The van der Waals surface area contributed by atoms with Crippen LogP contribution in [-0.4, -0.2) is 35.8 Å². The van der Waals surface area contributed by atoms with Crippen LogP contribution in [-0.2, 0) is 9.59 Å². The van der Waals surface area contributed by atoms with Crippen LogP contribution in [0, 0.1) is 11.8 Å². The lowest BCUT2D eigenvalue weighted by Gasteiger charge is -2.26. The van der Waals surface area contributed by atoms with E-state index in [0.717, 1.165) is 45.2 Å². The van der Waals surface area contributed by atoms with E-state index in [1.54, 1.807) is 0 Å². The first-order valence-electron chi connectivity index (χ1n) is 6.83. The summed E-state index contributed by atoms with van der Waals surface area (Å²) in [6.07, 6.45) is 6.33.